The highest BCUT2D eigenvalue weighted by molar-refractivity contribution is 6.22. The Labute approximate surface area is 81.2 Å². The molecule has 0 amide bonds. The van der Waals surface area contributed by atoms with E-state index in [9.17, 15) is 9.59 Å². The van der Waals surface area contributed by atoms with Crippen molar-refractivity contribution in [2.45, 2.75) is 6.92 Å². The predicted octanol–water partition coefficient (Wildman–Crippen LogP) is 1.58. The molecule has 0 atom stereocenters. The van der Waals surface area contributed by atoms with Crippen LogP contribution < -0.4 is 0 Å². The lowest BCUT2D eigenvalue weighted by molar-refractivity contribution is -0.138. The maximum Gasteiger partial charge on any atom is 0.341 e. The second-order valence-corrected chi connectivity index (χ2v) is 2.51. The minimum atomic E-state index is -0.714. The molecule has 0 unspecified atom stereocenters. The van der Waals surface area contributed by atoms with Gasteiger partial charge in [0.15, 0.2) is 5.76 Å². The van der Waals surface area contributed by atoms with Gasteiger partial charge in [0.1, 0.15) is 5.57 Å². The van der Waals surface area contributed by atoms with Crippen LogP contribution in [0.15, 0.2) is 35.0 Å². The fourth-order valence-electron chi connectivity index (χ4n) is 0.867. The van der Waals surface area contributed by atoms with Crippen molar-refractivity contribution >= 4 is 11.8 Å². The van der Waals surface area contributed by atoms with Gasteiger partial charge in [-0.05, 0) is 19.1 Å². The molecule has 0 aromatic carbocycles. The lowest BCUT2D eigenvalue weighted by Gasteiger charge is -2.01. The van der Waals surface area contributed by atoms with Crippen LogP contribution in [0.3, 0.4) is 0 Å². The Balaban J connectivity index is 2.71. The van der Waals surface area contributed by atoms with E-state index in [1.54, 1.807) is 13.0 Å². The van der Waals surface area contributed by atoms with Gasteiger partial charge in [-0.2, -0.15) is 0 Å². The molecule has 0 fully saturated rings. The fourth-order valence-corrected chi connectivity index (χ4v) is 0.867. The summed E-state index contributed by atoms with van der Waals surface area (Å²) in [7, 11) is 0. The Kier molecular flexibility index (Phi) is 3.23. The zero-order valence-electron chi connectivity index (χ0n) is 7.78. The second-order valence-electron chi connectivity index (χ2n) is 2.51. The van der Waals surface area contributed by atoms with Crippen molar-refractivity contribution in [3.05, 3.63) is 36.3 Å². The van der Waals surface area contributed by atoms with Crippen LogP contribution >= 0.6 is 0 Å². The third kappa shape index (κ3) is 2.10. The number of furan rings is 1. The second kappa shape index (κ2) is 4.41. The van der Waals surface area contributed by atoms with Crippen molar-refractivity contribution in [1.29, 1.82) is 0 Å². The molecule has 0 radical (unpaired) electrons. The van der Waals surface area contributed by atoms with Crippen LogP contribution in [0, 0.1) is 0 Å². The van der Waals surface area contributed by atoms with Crippen molar-refractivity contribution in [2.24, 2.45) is 0 Å². The first-order chi connectivity index (χ1) is 6.66. The summed E-state index contributed by atoms with van der Waals surface area (Å²) in [6, 6.07) is 3.03. The van der Waals surface area contributed by atoms with Gasteiger partial charge in [-0.1, -0.05) is 6.58 Å². The average molecular weight is 194 g/mol. The highest BCUT2D eigenvalue weighted by Gasteiger charge is 2.20. The van der Waals surface area contributed by atoms with Gasteiger partial charge in [-0.3, -0.25) is 4.79 Å². The van der Waals surface area contributed by atoms with E-state index in [1.165, 1.54) is 12.3 Å². The van der Waals surface area contributed by atoms with Crippen molar-refractivity contribution in [3.8, 4) is 0 Å². The quantitative estimate of drug-likeness (QED) is 0.240. The summed E-state index contributed by atoms with van der Waals surface area (Å²) in [5.41, 5.74) is -0.221. The Morgan fingerprint density at radius 1 is 1.57 bits per heavy atom. The van der Waals surface area contributed by atoms with E-state index >= 15 is 0 Å². The largest absolute Gasteiger partial charge is 0.462 e. The highest BCUT2D eigenvalue weighted by Crippen LogP contribution is 2.08. The van der Waals surface area contributed by atoms with Gasteiger partial charge in [0.05, 0.1) is 12.9 Å². The first-order valence-corrected chi connectivity index (χ1v) is 4.11. The molecule has 4 nitrogen and oxygen atoms in total. The van der Waals surface area contributed by atoms with E-state index in [1.807, 2.05) is 0 Å². The van der Waals surface area contributed by atoms with Gasteiger partial charge >= 0.3 is 5.97 Å². The molecule has 0 aliphatic heterocycles. The Morgan fingerprint density at radius 2 is 2.29 bits per heavy atom. The van der Waals surface area contributed by atoms with E-state index < -0.39 is 11.8 Å². The van der Waals surface area contributed by atoms with Gasteiger partial charge in [-0.25, -0.2) is 4.79 Å². The summed E-state index contributed by atoms with van der Waals surface area (Å²) < 4.78 is 9.45. The molecular formula is C10H10O4. The fraction of sp³-hybridized carbons (Fsp3) is 0.200. The lowest BCUT2D eigenvalue weighted by atomic mass is 10.1. The number of rotatable bonds is 4. The predicted molar refractivity (Wildman–Crippen MR) is 48.8 cm³/mol. The zero-order chi connectivity index (χ0) is 10.6. The Hall–Kier alpha value is -1.84. The van der Waals surface area contributed by atoms with Crippen molar-refractivity contribution in [1.82, 2.24) is 0 Å². The van der Waals surface area contributed by atoms with Crippen LogP contribution in [-0.2, 0) is 9.53 Å². The Bertz CT molecular complexity index is 348. The van der Waals surface area contributed by atoms with Crippen LogP contribution in [-0.4, -0.2) is 18.4 Å². The van der Waals surface area contributed by atoms with Crippen molar-refractivity contribution in [2.75, 3.05) is 6.61 Å². The molecule has 14 heavy (non-hydrogen) atoms. The molecule has 0 aliphatic carbocycles. The van der Waals surface area contributed by atoms with Crippen LogP contribution in [0.25, 0.3) is 0 Å². The lowest BCUT2D eigenvalue weighted by Crippen LogP contribution is -2.14. The first-order valence-electron chi connectivity index (χ1n) is 4.11. The smallest absolute Gasteiger partial charge is 0.341 e. The summed E-state index contributed by atoms with van der Waals surface area (Å²) in [5, 5.41) is 0. The third-order valence-corrected chi connectivity index (χ3v) is 1.54. The number of ketones is 1. The van der Waals surface area contributed by atoms with Crippen LogP contribution in [0.2, 0.25) is 0 Å². The summed E-state index contributed by atoms with van der Waals surface area (Å²) in [5.74, 6) is -1.18. The summed E-state index contributed by atoms with van der Waals surface area (Å²) >= 11 is 0. The minimum Gasteiger partial charge on any atom is -0.462 e. The number of Topliss-reactive ketones (excluding diaryl/α,β-unsaturated/α-hetero) is 1. The van der Waals surface area contributed by atoms with Gasteiger partial charge in [0, 0.05) is 0 Å². The van der Waals surface area contributed by atoms with Crippen molar-refractivity contribution < 1.29 is 18.7 Å². The van der Waals surface area contributed by atoms with Crippen LogP contribution in [0.4, 0.5) is 0 Å². The molecule has 1 aromatic heterocycles. The molecule has 0 bridgehead atoms. The third-order valence-electron chi connectivity index (χ3n) is 1.54. The summed E-state index contributed by atoms with van der Waals surface area (Å²) in [6.45, 7) is 5.21. The monoisotopic (exact) mass is 194 g/mol. The van der Waals surface area contributed by atoms with E-state index in [0.29, 0.717) is 0 Å². The molecule has 1 heterocycles. The standard InChI is InChI=1S/C10H10O4/c1-3-13-10(12)7(2)9(11)8-5-4-6-14-8/h4-6H,2-3H2,1H3. The number of ether oxygens (including phenoxy) is 1. The maximum absolute atomic E-state index is 11.4. The molecule has 0 spiro atoms. The average Bonchev–Trinajstić information content (AvgIpc) is 2.68. The first kappa shape index (κ1) is 10.2. The molecule has 0 aliphatic rings. The molecule has 0 saturated carbocycles. The van der Waals surface area contributed by atoms with Crippen molar-refractivity contribution in [3.63, 3.8) is 0 Å². The van der Waals surface area contributed by atoms with E-state index in [-0.39, 0.29) is 17.9 Å². The number of esters is 1. The van der Waals surface area contributed by atoms with Gasteiger partial charge in [0.2, 0.25) is 5.78 Å². The van der Waals surface area contributed by atoms with Crippen LogP contribution in [0.1, 0.15) is 17.5 Å². The minimum absolute atomic E-state index is 0.0862. The number of carbonyl (C=O) groups is 2. The molecule has 74 valence electrons. The summed E-state index contributed by atoms with van der Waals surface area (Å²) in [4.78, 5) is 22.5. The van der Waals surface area contributed by atoms with Gasteiger partial charge < -0.3 is 9.15 Å². The molecule has 0 N–H and O–H groups in total. The highest BCUT2D eigenvalue weighted by atomic mass is 16.5. The van der Waals surface area contributed by atoms with E-state index in [0.717, 1.165) is 0 Å². The SMILES string of the molecule is C=C(C(=O)OCC)C(=O)c1ccco1. The molecular weight excluding hydrogens is 184 g/mol. The number of carbonyl (C=O) groups excluding carboxylic acids is 2. The molecule has 1 aromatic rings. The van der Waals surface area contributed by atoms with Gasteiger partial charge in [-0.15, -0.1) is 0 Å². The van der Waals surface area contributed by atoms with E-state index in [4.69, 9.17) is 4.42 Å². The van der Waals surface area contributed by atoms with Gasteiger partial charge in [0.25, 0.3) is 0 Å². The zero-order valence-corrected chi connectivity index (χ0v) is 7.78. The molecule has 0 saturated heterocycles. The molecule has 1 rings (SSSR count). The number of hydrogen-bond acceptors (Lipinski definition) is 4. The van der Waals surface area contributed by atoms with Crippen LogP contribution in [0.5, 0.6) is 0 Å². The molecule has 4 heteroatoms. The topological polar surface area (TPSA) is 56.5 Å². The number of hydrogen-bond donors (Lipinski definition) is 0. The summed E-state index contributed by atoms with van der Waals surface area (Å²) in [6.07, 6.45) is 1.35. The maximum atomic E-state index is 11.4. The van der Waals surface area contributed by atoms with E-state index in [2.05, 4.69) is 11.3 Å². The Morgan fingerprint density at radius 3 is 2.79 bits per heavy atom. The normalized spacial score (nSPS) is 9.50.